The van der Waals surface area contributed by atoms with Crippen LogP contribution >= 0.6 is 0 Å². The van der Waals surface area contributed by atoms with Crippen molar-refractivity contribution in [3.8, 4) is 0 Å². The Labute approximate surface area is 158 Å². The number of aromatic nitrogens is 4. The van der Waals surface area contributed by atoms with Gasteiger partial charge in [-0.2, -0.15) is 0 Å². The summed E-state index contributed by atoms with van der Waals surface area (Å²) in [5.74, 6) is 0. The molecule has 2 aliphatic heterocycles. The molecule has 5 nitrogen and oxygen atoms in total. The third kappa shape index (κ3) is 3.49. The molecule has 3 aromatic rings. The summed E-state index contributed by atoms with van der Waals surface area (Å²) < 4.78 is 8.19. The van der Waals surface area contributed by atoms with Crippen LogP contribution in [0.3, 0.4) is 0 Å². The Morgan fingerprint density at radius 2 is 0.885 bits per heavy atom. The van der Waals surface area contributed by atoms with Crippen molar-refractivity contribution in [1.82, 2.24) is 19.9 Å². The molecule has 0 spiro atoms. The molecule has 2 aliphatic rings. The Morgan fingerprint density at radius 1 is 0.538 bits per heavy atom. The number of hydrogen-bond acceptors (Lipinski definition) is 3. The maximum atomic E-state index is 8.19. The van der Waals surface area contributed by atoms with Crippen molar-refractivity contribution < 1.29 is 21.0 Å². The van der Waals surface area contributed by atoms with E-state index >= 15 is 0 Å². The average molecular weight is 375 g/mol. The summed E-state index contributed by atoms with van der Waals surface area (Å²) in [4.78, 5) is 18.4. The second-order valence-corrected chi connectivity index (χ2v) is 5.76. The molecule has 0 N–H and O–H groups in total. The molecule has 0 saturated carbocycles. The summed E-state index contributed by atoms with van der Waals surface area (Å²) in [6.07, 6.45) is 7.95. The molecule has 6 heteroatoms. The molecule has 3 aromatic heterocycles. The summed E-state index contributed by atoms with van der Waals surface area (Å²) in [5.41, 5.74) is 7.15. The van der Waals surface area contributed by atoms with Gasteiger partial charge in [-0.15, -0.1) is 22.1 Å². The quantitative estimate of drug-likeness (QED) is 0.412. The standard InChI is InChI=1S/C20H12N4.O.V/c1-2-14-10-16-5-6-18(23-16)12-20-8-7-19(24-20)11-17-4-3-15(22-17)9-13(1)21-14;;/h1-12H;;/q-2;;+2. The van der Waals surface area contributed by atoms with Crippen LogP contribution in [0.1, 0.15) is 22.8 Å². The third-order valence-corrected chi connectivity index (χ3v) is 3.92. The summed E-state index contributed by atoms with van der Waals surface area (Å²) in [6, 6.07) is 15.9. The van der Waals surface area contributed by atoms with Crippen LogP contribution < -0.4 is 9.97 Å². The van der Waals surface area contributed by atoms with Gasteiger partial charge in [0.2, 0.25) is 0 Å². The Morgan fingerprint density at radius 3 is 1.31 bits per heavy atom. The zero-order valence-corrected chi connectivity index (χ0v) is 15.0. The summed E-state index contributed by atoms with van der Waals surface area (Å²) in [5, 5.41) is 0. The van der Waals surface area contributed by atoms with Crippen molar-refractivity contribution in [2.24, 2.45) is 0 Å². The van der Waals surface area contributed by atoms with E-state index in [1.165, 1.54) is 0 Å². The summed E-state index contributed by atoms with van der Waals surface area (Å²) in [7, 11) is 0. The molecule has 0 saturated heterocycles. The fourth-order valence-corrected chi connectivity index (χ4v) is 2.83. The van der Waals surface area contributed by atoms with Gasteiger partial charge in [0, 0.05) is 0 Å². The van der Waals surface area contributed by atoms with Gasteiger partial charge in [-0.1, -0.05) is 42.5 Å². The minimum atomic E-state index is 0.894. The number of nitrogens with zero attached hydrogens (tertiary/aromatic N) is 4. The van der Waals surface area contributed by atoms with Crippen LogP contribution in [0.5, 0.6) is 0 Å². The first-order valence-electron chi connectivity index (χ1n) is 7.92. The number of rotatable bonds is 0. The Kier molecular flexibility index (Phi) is 4.48. The first-order valence-corrected chi connectivity index (χ1v) is 8.49. The van der Waals surface area contributed by atoms with Crippen LogP contribution in [0.25, 0.3) is 46.4 Å². The van der Waals surface area contributed by atoms with Crippen molar-refractivity contribution in [3.05, 3.63) is 71.3 Å². The molecule has 5 heterocycles. The van der Waals surface area contributed by atoms with E-state index in [0.717, 1.165) is 62.2 Å². The molecule has 0 aromatic carbocycles. The fraction of sp³-hybridized carbons (Fsp3) is 0. The maximum absolute atomic E-state index is 8.19. The van der Waals surface area contributed by atoms with Crippen LogP contribution in [0.15, 0.2) is 48.5 Å². The van der Waals surface area contributed by atoms with Crippen LogP contribution in [-0.2, 0) is 21.0 Å². The monoisotopic (exact) mass is 375 g/mol. The van der Waals surface area contributed by atoms with Crippen molar-refractivity contribution in [2.75, 3.05) is 0 Å². The Bertz CT molecular complexity index is 1100. The molecule has 0 unspecified atom stereocenters. The Balaban J connectivity index is 0.000000814. The molecule has 123 valence electrons. The van der Waals surface area contributed by atoms with Crippen molar-refractivity contribution >= 4 is 46.4 Å². The summed E-state index contributed by atoms with van der Waals surface area (Å²) >= 11 is 1.06. The second-order valence-electron chi connectivity index (χ2n) is 5.76. The van der Waals surface area contributed by atoms with E-state index in [1.807, 2.05) is 72.8 Å². The normalized spacial score (nSPS) is 11.9. The van der Waals surface area contributed by atoms with Crippen molar-refractivity contribution in [3.63, 3.8) is 0 Å². The van der Waals surface area contributed by atoms with Gasteiger partial charge in [0.1, 0.15) is 0 Å². The van der Waals surface area contributed by atoms with Gasteiger partial charge in [-0.3, -0.25) is 0 Å². The van der Waals surface area contributed by atoms with E-state index in [2.05, 4.69) is 19.9 Å². The molecule has 26 heavy (non-hydrogen) atoms. The van der Waals surface area contributed by atoms with Gasteiger partial charge in [-0.25, -0.2) is 9.97 Å². The van der Waals surface area contributed by atoms with Crippen LogP contribution in [-0.4, -0.2) is 9.97 Å². The van der Waals surface area contributed by atoms with E-state index in [1.54, 1.807) is 0 Å². The van der Waals surface area contributed by atoms with E-state index < -0.39 is 0 Å². The molecular formula is C20H12N4OV. The SMILES string of the molecule is C1=Cc2cc3ccc(cc4ccc(cc5nc(cc1n2)C=C5)[n-]4)[n-]3.[O]=[V+2]. The molecule has 0 fully saturated rings. The molecule has 0 radical (unpaired) electrons. The third-order valence-electron chi connectivity index (χ3n) is 3.92. The second kappa shape index (κ2) is 7.08. The predicted octanol–water partition coefficient (Wildman–Crippen LogP) is 3.79. The number of hydrogen-bond donors (Lipinski definition) is 0. The topological polar surface area (TPSA) is 71.1 Å². The number of fused-ring (bicyclic) bond motifs is 8. The molecule has 0 aliphatic carbocycles. The minimum absolute atomic E-state index is 0.894. The first-order chi connectivity index (χ1) is 12.8. The van der Waals surface area contributed by atoms with Gasteiger partial charge in [0.25, 0.3) is 0 Å². The first kappa shape index (κ1) is 16.5. The van der Waals surface area contributed by atoms with Gasteiger partial charge >= 0.3 is 21.0 Å². The van der Waals surface area contributed by atoms with Crippen molar-refractivity contribution in [2.45, 2.75) is 0 Å². The van der Waals surface area contributed by atoms with E-state index in [4.69, 9.17) is 3.67 Å². The van der Waals surface area contributed by atoms with Crippen LogP contribution in [0, 0.1) is 0 Å². The zero-order valence-electron chi connectivity index (χ0n) is 13.6. The van der Waals surface area contributed by atoms with Gasteiger partial charge in [0.05, 0.1) is 22.8 Å². The van der Waals surface area contributed by atoms with Gasteiger partial charge in [-0.05, 0) is 30.4 Å². The Hall–Kier alpha value is -3.02. The van der Waals surface area contributed by atoms with Gasteiger partial charge in [0.15, 0.2) is 0 Å². The summed E-state index contributed by atoms with van der Waals surface area (Å²) in [6.45, 7) is 0. The molecule has 5 rings (SSSR count). The van der Waals surface area contributed by atoms with Gasteiger partial charge < -0.3 is 9.97 Å². The average Bonchev–Trinajstić information content (AvgIpc) is 3.42. The molecule has 0 amide bonds. The van der Waals surface area contributed by atoms with Crippen LogP contribution in [0.2, 0.25) is 0 Å². The predicted molar refractivity (Wildman–Crippen MR) is 97.5 cm³/mol. The molecular weight excluding hydrogens is 363 g/mol. The van der Waals surface area contributed by atoms with E-state index in [9.17, 15) is 0 Å². The zero-order chi connectivity index (χ0) is 17.9. The molecule has 8 bridgehead atoms. The van der Waals surface area contributed by atoms with Crippen LogP contribution in [0.4, 0.5) is 0 Å². The van der Waals surface area contributed by atoms with E-state index in [-0.39, 0.29) is 0 Å². The molecule has 0 atom stereocenters. The van der Waals surface area contributed by atoms with Crippen molar-refractivity contribution in [1.29, 1.82) is 0 Å². The van der Waals surface area contributed by atoms with E-state index in [0.29, 0.717) is 0 Å². The fourth-order valence-electron chi connectivity index (χ4n) is 2.83.